The van der Waals surface area contributed by atoms with Crippen LogP contribution in [0.3, 0.4) is 0 Å². The number of hydrogen-bond donors (Lipinski definition) is 3. The van der Waals surface area contributed by atoms with Crippen molar-refractivity contribution in [2.45, 2.75) is 6.10 Å². The second-order valence-corrected chi connectivity index (χ2v) is 5.19. The van der Waals surface area contributed by atoms with E-state index in [1.807, 2.05) is 30.3 Å². The van der Waals surface area contributed by atoms with Crippen molar-refractivity contribution in [3.63, 3.8) is 0 Å². The summed E-state index contributed by atoms with van der Waals surface area (Å²) in [6, 6.07) is 7.64. The van der Waals surface area contributed by atoms with Crippen LogP contribution in [0, 0.1) is 5.92 Å². The van der Waals surface area contributed by atoms with Crippen LogP contribution in [-0.2, 0) is 4.79 Å². The van der Waals surface area contributed by atoms with Gasteiger partial charge in [-0.05, 0) is 12.1 Å². The molecule has 114 valence electrons. The van der Waals surface area contributed by atoms with Crippen molar-refractivity contribution in [2.75, 3.05) is 26.2 Å². The molecule has 1 amide bonds. The van der Waals surface area contributed by atoms with E-state index >= 15 is 0 Å². The lowest BCUT2D eigenvalue weighted by Gasteiger charge is -2.19. The SMILES string of the molecule is Cl.O=C(NCC1CNCC1O)C1=Cc2ccccc2OC1. The fourth-order valence-electron chi connectivity index (χ4n) is 2.51. The number of benzene rings is 1. The van der Waals surface area contributed by atoms with Crippen LogP contribution in [0.15, 0.2) is 29.8 Å². The predicted octanol–water partition coefficient (Wildman–Crippen LogP) is 0.581. The number of carbonyl (C=O) groups is 1. The van der Waals surface area contributed by atoms with Crippen molar-refractivity contribution in [3.05, 3.63) is 35.4 Å². The molecule has 2 heterocycles. The van der Waals surface area contributed by atoms with E-state index < -0.39 is 0 Å². The van der Waals surface area contributed by atoms with Gasteiger partial charge in [0.2, 0.25) is 0 Å². The maximum Gasteiger partial charge on any atom is 0.250 e. The molecule has 0 aliphatic carbocycles. The molecule has 2 aliphatic rings. The van der Waals surface area contributed by atoms with Gasteiger partial charge in [-0.3, -0.25) is 4.79 Å². The molecule has 5 nitrogen and oxygen atoms in total. The first kappa shape index (κ1) is 15.8. The molecule has 2 unspecified atom stereocenters. The summed E-state index contributed by atoms with van der Waals surface area (Å²) in [5.74, 6) is 0.759. The first-order valence-electron chi connectivity index (χ1n) is 6.83. The summed E-state index contributed by atoms with van der Waals surface area (Å²) in [5.41, 5.74) is 1.54. The molecule has 2 aliphatic heterocycles. The summed E-state index contributed by atoms with van der Waals surface area (Å²) in [4.78, 5) is 12.1. The van der Waals surface area contributed by atoms with E-state index in [0.29, 0.717) is 18.7 Å². The Bertz CT molecular complexity index is 547. The molecule has 0 saturated carbocycles. The number of β-amino-alcohol motifs (C(OH)–C–C–N with tert-alkyl or cyclic N) is 1. The lowest BCUT2D eigenvalue weighted by molar-refractivity contribution is -0.118. The van der Waals surface area contributed by atoms with E-state index in [0.717, 1.165) is 17.9 Å². The van der Waals surface area contributed by atoms with E-state index in [4.69, 9.17) is 4.74 Å². The molecule has 3 N–H and O–H groups in total. The monoisotopic (exact) mass is 310 g/mol. The molecule has 0 spiro atoms. The molecule has 21 heavy (non-hydrogen) atoms. The van der Waals surface area contributed by atoms with Gasteiger partial charge in [0.25, 0.3) is 5.91 Å². The van der Waals surface area contributed by atoms with Crippen molar-refractivity contribution < 1.29 is 14.6 Å². The van der Waals surface area contributed by atoms with E-state index in [2.05, 4.69) is 10.6 Å². The number of aliphatic hydroxyl groups is 1. The third kappa shape index (κ3) is 3.56. The van der Waals surface area contributed by atoms with Gasteiger partial charge < -0.3 is 20.5 Å². The largest absolute Gasteiger partial charge is 0.488 e. The van der Waals surface area contributed by atoms with Gasteiger partial charge in [-0.15, -0.1) is 12.4 Å². The quantitative estimate of drug-likeness (QED) is 0.764. The minimum atomic E-state index is -0.382. The molecule has 0 bridgehead atoms. The third-order valence-electron chi connectivity index (χ3n) is 3.75. The molecule has 1 saturated heterocycles. The van der Waals surface area contributed by atoms with Crippen LogP contribution in [0.2, 0.25) is 0 Å². The Kier molecular flexibility index (Phi) is 5.22. The summed E-state index contributed by atoms with van der Waals surface area (Å²) in [7, 11) is 0. The van der Waals surface area contributed by atoms with Crippen LogP contribution < -0.4 is 15.4 Å². The molecule has 0 aromatic heterocycles. The summed E-state index contributed by atoms with van der Waals surface area (Å²) in [6.07, 6.45) is 1.48. The lowest BCUT2D eigenvalue weighted by atomic mass is 10.1. The second-order valence-electron chi connectivity index (χ2n) is 5.19. The van der Waals surface area contributed by atoms with Crippen molar-refractivity contribution in [1.29, 1.82) is 0 Å². The van der Waals surface area contributed by atoms with Gasteiger partial charge in [-0.1, -0.05) is 18.2 Å². The van der Waals surface area contributed by atoms with Gasteiger partial charge in [0.15, 0.2) is 0 Å². The fourth-order valence-corrected chi connectivity index (χ4v) is 2.51. The highest BCUT2D eigenvalue weighted by Gasteiger charge is 2.26. The Labute approximate surface area is 129 Å². The molecule has 3 rings (SSSR count). The number of carbonyl (C=O) groups excluding carboxylic acids is 1. The van der Waals surface area contributed by atoms with Crippen LogP contribution >= 0.6 is 12.4 Å². The first-order valence-corrected chi connectivity index (χ1v) is 6.83. The molecule has 6 heteroatoms. The Hall–Kier alpha value is -1.56. The number of rotatable bonds is 3. The zero-order valence-electron chi connectivity index (χ0n) is 11.5. The van der Waals surface area contributed by atoms with Gasteiger partial charge in [-0.25, -0.2) is 0 Å². The Morgan fingerprint density at radius 2 is 2.19 bits per heavy atom. The Morgan fingerprint density at radius 1 is 1.38 bits per heavy atom. The zero-order chi connectivity index (χ0) is 13.9. The minimum Gasteiger partial charge on any atom is -0.488 e. The number of hydrogen-bond acceptors (Lipinski definition) is 4. The Morgan fingerprint density at radius 3 is 2.95 bits per heavy atom. The average molecular weight is 311 g/mol. The predicted molar refractivity (Wildman–Crippen MR) is 82.5 cm³/mol. The topological polar surface area (TPSA) is 70.6 Å². The van der Waals surface area contributed by atoms with E-state index in [1.54, 1.807) is 0 Å². The maximum atomic E-state index is 12.1. The highest BCUT2D eigenvalue weighted by Crippen LogP contribution is 2.25. The van der Waals surface area contributed by atoms with Crippen LogP contribution in [0.25, 0.3) is 6.08 Å². The van der Waals surface area contributed by atoms with Crippen LogP contribution in [0.1, 0.15) is 5.56 Å². The summed E-state index contributed by atoms with van der Waals surface area (Å²) in [5, 5.41) is 15.7. The number of aliphatic hydroxyl groups excluding tert-OH is 1. The molecule has 1 aromatic carbocycles. The summed E-state index contributed by atoms with van der Waals surface area (Å²) < 4.78 is 5.56. The van der Waals surface area contributed by atoms with Crippen molar-refractivity contribution in [1.82, 2.24) is 10.6 Å². The lowest BCUT2D eigenvalue weighted by Crippen LogP contribution is -2.36. The normalized spacial score (nSPS) is 23.4. The highest BCUT2D eigenvalue weighted by atomic mass is 35.5. The number of para-hydroxylation sites is 1. The molecule has 2 atom stereocenters. The zero-order valence-corrected chi connectivity index (χ0v) is 12.4. The van der Waals surface area contributed by atoms with E-state index in [-0.39, 0.29) is 36.9 Å². The molecule has 1 fully saturated rings. The van der Waals surface area contributed by atoms with E-state index in [1.165, 1.54) is 0 Å². The highest BCUT2D eigenvalue weighted by molar-refractivity contribution is 5.99. The molecular formula is C15H19ClN2O3. The molecule has 0 radical (unpaired) electrons. The van der Waals surface area contributed by atoms with Gasteiger partial charge in [0.05, 0.1) is 11.7 Å². The minimum absolute atomic E-state index is 0. The second kappa shape index (κ2) is 6.93. The van der Waals surface area contributed by atoms with Crippen molar-refractivity contribution >= 4 is 24.4 Å². The number of halogens is 1. The average Bonchev–Trinajstić information content (AvgIpc) is 2.89. The standard InChI is InChI=1S/C15H18N2O3.ClH/c18-13-8-16-6-12(13)7-17-15(19)11-5-10-3-1-2-4-14(10)20-9-11;/h1-5,12-13,16,18H,6-9H2,(H,17,19);1H. The van der Waals surface area contributed by atoms with Gasteiger partial charge in [0, 0.05) is 31.1 Å². The van der Waals surface area contributed by atoms with Gasteiger partial charge in [0.1, 0.15) is 12.4 Å². The van der Waals surface area contributed by atoms with Crippen LogP contribution in [0.5, 0.6) is 5.75 Å². The van der Waals surface area contributed by atoms with Crippen LogP contribution in [-0.4, -0.2) is 43.4 Å². The first-order chi connectivity index (χ1) is 9.74. The van der Waals surface area contributed by atoms with Crippen molar-refractivity contribution in [2.24, 2.45) is 5.92 Å². The maximum absolute atomic E-state index is 12.1. The number of amides is 1. The smallest absolute Gasteiger partial charge is 0.250 e. The van der Waals surface area contributed by atoms with E-state index in [9.17, 15) is 9.90 Å². The van der Waals surface area contributed by atoms with Gasteiger partial charge >= 0.3 is 0 Å². The summed E-state index contributed by atoms with van der Waals surface area (Å²) >= 11 is 0. The number of ether oxygens (including phenoxy) is 1. The molecular weight excluding hydrogens is 292 g/mol. The van der Waals surface area contributed by atoms with Crippen LogP contribution in [0.4, 0.5) is 0 Å². The third-order valence-corrected chi connectivity index (χ3v) is 3.75. The number of nitrogens with one attached hydrogen (secondary N) is 2. The molecule has 1 aromatic rings. The van der Waals surface area contributed by atoms with Gasteiger partial charge in [-0.2, -0.15) is 0 Å². The fraction of sp³-hybridized carbons (Fsp3) is 0.400. The number of fused-ring (bicyclic) bond motifs is 1. The Balaban J connectivity index is 0.00000161. The van der Waals surface area contributed by atoms with Crippen molar-refractivity contribution in [3.8, 4) is 5.75 Å². The summed E-state index contributed by atoms with van der Waals surface area (Å²) in [6.45, 7) is 2.10.